The number of nitrogens with two attached hydrogens (primary N) is 1. The maximum absolute atomic E-state index is 13.2. The first-order valence-electron chi connectivity index (χ1n) is 11.6. The minimum Gasteiger partial charge on any atom is -0.481 e. The predicted molar refractivity (Wildman–Crippen MR) is 130 cm³/mol. The Bertz CT molecular complexity index is 907. The second-order valence-corrected chi connectivity index (χ2v) is 9.05. The molecule has 0 heterocycles. The molecule has 3 amide bonds. The van der Waals surface area contributed by atoms with Gasteiger partial charge < -0.3 is 37.0 Å². The average Bonchev–Trinajstić information content (AvgIpc) is 2.79. The largest absolute Gasteiger partial charge is 0.481 e. The SMILES string of the molecule is CC(C)CC(NC(=O)C(Cc1ccccc1)NC(=O)C(N)CCC(=O)O)C(=O)NC(C(=O)O)C(C)O. The smallest absolute Gasteiger partial charge is 0.328 e. The molecule has 0 spiro atoms. The second-order valence-electron chi connectivity index (χ2n) is 9.05. The summed E-state index contributed by atoms with van der Waals surface area (Å²) in [5.74, 6) is -4.84. The summed E-state index contributed by atoms with van der Waals surface area (Å²) in [6.45, 7) is 4.83. The molecule has 12 nitrogen and oxygen atoms in total. The molecule has 8 N–H and O–H groups in total. The Morgan fingerprint density at radius 1 is 0.861 bits per heavy atom. The van der Waals surface area contributed by atoms with Gasteiger partial charge in [-0.2, -0.15) is 0 Å². The number of rotatable bonds is 15. The number of amides is 3. The number of carboxylic acid groups (broad SMARTS) is 2. The Kier molecular flexibility index (Phi) is 12.5. The normalized spacial score (nSPS) is 15.2. The first-order valence-corrected chi connectivity index (χ1v) is 11.6. The van der Waals surface area contributed by atoms with Crippen LogP contribution < -0.4 is 21.7 Å². The van der Waals surface area contributed by atoms with Gasteiger partial charge in [-0.05, 0) is 31.2 Å². The van der Waals surface area contributed by atoms with Crippen LogP contribution in [-0.4, -0.2) is 75.3 Å². The van der Waals surface area contributed by atoms with E-state index in [1.807, 2.05) is 0 Å². The van der Waals surface area contributed by atoms with Crippen molar-refractivity contribution in [3.05, 3.63) is 35.9 Å². The van der Waals surface area contributed by atoms with E-state index < -0.39 is 59.9 Å². The van der Waals surface area contributed by atoms with E-state index in [1.165, 1.54) is 6.92 Å². The van der Waals surface area contributed by atoms with Crippen LogP contribution in [0.3, 0.4) is 0 Å². The van der Waals surface area contributed by atoms with Crippen molar-refractivity contribution in [1.29, 1.82) is 0 Å². The zero-order valence-corrected chi connectivity index (χ0v) is 20.6. The van der Waals surface area contributed by atoms with Crippen LogP contribution in [0.25, 0.3) is 0 Å². The number of benzene rings is 1. The first-order chi connectivity index (χ1) is 16.8. The van der Waals surface area contributed by atoms with E-state index in [0.29, 0.717) is 5.56 Å². The molecule has 5 unspecified atom stereocenters. The van der Waals surface area contributed by atoms with E-state index in [4.69, 9.17) is 10.8 Å². The average molecular weight is 509 g/mol. The van der Waals surface area contributed by atoms with Gasteiger partial charge >= 0.3 is 11.9 Å². The van der Waals surface area contributed by atoms with Crippen LogP contribution in [0.5, 0.6) is 0 Å². The van der Waals surface area contributed by atoms with E-state index in [9.17, 15) is 34.2 Å². The fourth-order valence-electron chi connectivity index (χ4n) is 3.37. The molecular formula is C24H36N4O8. The third kappa shape index (κ3) is 10.8. The lowest BCUT2D eigenvalue weighted by molar-refractivity contribution is -0.145. The Balaban J connectivity index is 3.09. The number of carbonyl (C=O) groups excluding carboxylic acids is 3. The molecule has 0 fully saturated rings. The Morgan fingerprint density at radius 2 is 1.42 bits per heavy atom. The summed E-state index contributed by atoms with van der Waals surface area (Å²) in [4.78, 5) is 60.8. The van der Waals surface area contributed by atoms with Gasteiger partial charge in [-0.15, -0.1) is 0 Å². The standard InChI is InChI=1S/C24H36N4O8/c1-13(2)11-17(23(34)28-20(14(3)29)24(35)36)27-22(33)18(12-15-7-5-4-6-8-15)26-21(32)16(25)9-10-19(30)31/h4-8,13-14,16-18,20,29H,9-12,25H2,1-3H3,(H,26,32)(H,27,33)(H,28,34)(H,30,31)(H,35,36). The van der Waals surface area contributed by atoms with Crippen molar-refractivity contribution in [2.75, 3.05) is 0 Å². The Labute approximate surface area is 209 Å². The number of hydrogen-bond donors (Lipinski definition) is 7. The van der Waals surface area contributed by atoms with Gasteiger partial charge in [-0.1, -0.05) is 44.2 Å². The van der Waals surface area contributed by atoms with E-state index in [-0.39, 0.29) is 31.6 Å². The highest BCUT2D eigenvalue weighted by Crippen LogP contribution is 2.09. The molecule has 0 aliphatic carbocycles. The van der Waals surface area contributed by atoms with Crippen LogP contribution >= 0.6 is 0 Å². The molecule has 12 heteroatoms. The molecular weight excluding hydrogens is 472 g/mol. The molecule has 0 aliphatic heterocycles. The third-order valence-corrected chi connectivity index (χ3v) is 5.31. The van der Waals surface area contributed by atoms with Crippen LogP contribution in [0.2, 0.25) is 0 Å². The molecule has 1 aromatic rings. The molecule has 1 rings (SSSR count). The van der Waals surface area contributed by atoms with Gasteiger partial charge in [0.25, 0.3) is 0 Å². The van der Waals surface area contributed by atoms with Crippen molar-refractivity contribution in [3.8, 4) is 0 Å². The summed E-state index contributed by atoms with van der Waals surface area (Å²) in [5.41, 5.74) is 6.49. The van der Waals surface area contributed by atoms with E-state index in [2.05, 4.69) is 16.0 Å². The third-order valence-electron chi connectivity index (χ3n) is 5.31. The van der Waals surface area contributed by atoms with Crippen LogP contribution in [0, 0.1) is 5.92 Å². The highest BCUT2D eigenvalue weighted by molar-refractivity contribution is 5.94. The fourth-order valence-corrected chi connectivity index (χ4v) is 3.37. The molecule has 0 aromatic heterocycles. The summed E-state index contributed by atoms with van der Waals surface area (Å²) in [5, 5.41) is 35.1. The van der Waals surface area contributed by atoms with E-state index in [1.54, 1.807) is 44.2 Å². The van der Waals surface area contributed by atoms with Crippen molar-refractivity contribution in [3.63, 3.8) is 0 Å². The van der Waals surface area contributed by atoms with Crippen molar-refractivity contribution in [1.82, 2.24) is 16.0 Å². The van der Waals surface area contributed by atoms with Crippen molar-refractivity contribution in [2.45, 2.75) is 76.7 Å². The number of aliphatic carboxylic acids is 2. The highest BCUT2D eigenvalue weighted by Gasteiger charge is 2.32. The van der Waals surface area contributed by atoms with Crippen molar-refractivity contribution in [2.24, 2.45) is 11.7 Å². The zero-order chi connectivity index (χ0) is 27.4. The molecule has 1 aromatic carbocycles. The lowest BCUT2D eigenvalue weighted by Crippen LogP contribution is -2.58. The first kappa shape index (κ1) is 30.5. The zero-order valence-electron chi connectivity index (χ0n) is 20.6. The quantitative estimate of drug-likeness (QED) is 0.161. The topological polar surface area (TPSA) is 208 Å². The van der Waals surface area contributed by atoms with Crippen LogP contribution in [0.4, 0.5) is 0 Å². The summed E-state index contributed by atoms with van der Waals surface area (Å²) >= 11 is 0. The number of hydrogen-bond acceptors (Lipinski definition) is 7. The van der Waals surface area contributed by atoms with Crippen molar-refractivity contribution >= 4 is 29.7 Å². The second kappa shape index (κ2) is 14.8. The lowest BCUT2D eigenvalue weighted by Gasteiger charge is -2.26. The number of aliphatic hydroxyl groups is 1. The van der Waals surface area contributed by atoms with Crippen molar-refractivity contribution < 1.29 is 39.3 Å². The summed E-state index contributed by atoms with van der Waals surface area (Å²) in [6, 6.07) is 3.75. The van der Waals surface area contributed by atoms with Crippen LogP contribution in [0.1, 0.15) is 45.6 Å². The summed E-state index contributed by atoms with van der Waals surface area (Å²) in [6.07, 6.45) is -1.61. The van der Waals surface area contributed by atoms with Gasteiger partial charge in [-0.25, -0.2) is 4.79 Å². The number of nitrogens with one attached hydrogen (secondary N) is 3. The van der Waals surface area contributed by atoms with Crippen LogP contribution in [-0.2, 0) is 30.4 Å². The Hall–Kier alpha value is -3.51. The summed E-state index contributed by atoms with van der Waals surface area (Å²) < 4.78 is 0. The molecule has 0 aliphatic rings. The molecule has 0 saturated heterocycles. The van der Waals surface area contributed by atoms with Gasteiger partial charge in [0.15, 0.2) is 6.04 Å². The number of carboxylic acids is 2. The number of aliphatic hydroxyl groups excluding tert-OH is 1. The molecule has 200 valence electrons. The van der Waals surface area contributed by atoms with E-state index >= 15 is 0 Å². The lowest BCUT2D eigenvalue weighted by atomic mass is 10.00. The molecule has 5 atom stereocenters. The van der Waals surface area contributed by atoms with Gasteiger partial charge in [0.1, 0.15) is 12.1 Å². The Morgan fingerprint density at radius 3 is 1.92 bits per heavy atom. The molecule has 0 radical (unpaired) electrons. The summed E-state index contributed by atoms with van der Waals surface area (Å²) in [7, 11) is 0. The minimum atomic E-state index is -1.57. The van der Waals surface area contributed by atoms with Gasteiger partial charge in [0, 0.05) is 12.8 Å². The maximum Gasteiger partial charge on any atom is 0.328 e. The molecule has 0 bridgehead atoms. The maximum atomic E-state index is 13.2. The van der Waals surface area contributed by atoms with Gasteiger partial charge in [0.2, 0.25) is 17.7 Å². The van der Waals surface area contributed by atoms with E-state index in [0.717, 1.165) is 0 Å². The van der Waals surface area contributed by atoms with Gasteiger partial charge in [0.05, 0.1) is 12.1 Å². The monoisotopic (exact) mass is 508 g/mol. The minimum absolute atomic E-state index is 0.0610. The molecule has 36 heavy (non-hydrogen) atoms. The number of carbonyl (C=O) groups is 5. The predicted octanol–water partition coefficient (Wildman–Crippen LogP) is -0.613. The fraction of sp³-hybridized carbons (Fsp3) is 0.542. The van der Waals surface area contributed by atoms with Crippen LogP contribution in [0.15, 0.2) is 30.3 Å². The van der Waals surface area contributed by atoms with Gasteiger partial charge in [-0.3, -0.25) is 19.2 Å². The highest BCUT2D eigenvalue weighted by atomic mass is 16.4. The molecule has 0 saturated carbocycles.